The molecule has 0 unspecified atom stereocenters. The smallest absolute Gasteiger partial charge is 0.239 e. The van der Waals surface area contributed by atoms with Crippen molar-refractivity contribution in [3.63, 3.8) is 0 Å². The van der Waals surface area contributed by atoms with Gasteiger partial charge in [0.2, 0.25) is 5.91 Å². The van der Waals surface area contributed by atoms with Gasteiger partial charge >= 0.3 is 0 Å². The third-order valence-corrected chi connectivity index (χ3v) is 7.23. The first-order chi connectivity index (χ1) is 15.8. The van der Waals surface area contributed by atoms with E-state index in [0.29, 0.717) is 6.04 Å². The lowest BCUT2D eigenvalue weighted by molar-refractivity contribution is -0.121. The zero-order valence-corrected chi connectivity index (χ0v) is 19.6. The van der Waals surface area contributed by atoms with Gasteiger partial charge in [0, 0.05) is 51.0 Å². The molecule has 9 heteroatoms. The number of nitrogens with zero attached hydrogens (tertiary/aromatic N) is 5. The Morgan fingerprint density at radius 2 is 2.00 bits per heavy atom. The number of benzene rings is 1. The van der Waals surface area contributed by atoms with Crippen molar-refractivity contribution in [1.82, 2.24) is 29.5 Å². The van der Waals surface area contributed by atoms with Crippen molar-refractivity contribution in [2.24, 2.45) is 14.1 Å². The molecule has 9 nitrogen and oxygen atoms in total. The van der Waals surface area contributed by atoms with Gasteiger partial charge in [0.05, 0.1) is 18.1 Å². The highest BCUT2D eigenvalue weighted by Gasteiger charge is 2.42. The second-order valence-corrected chi connectivity index (χ2v) is 9.69. The van der Waals surface area contributed by atoms with E-state index in [9.17, 15) is 9.90 Å². The van der Waals surface area contributed by atoms with Crippen molar-refractivity contribution in [3.8, 4) is 0 Å². The van der Waals surface area contributed by atoms with Crippen LogP contribution < -0.4 is 10.6 Å². The van der Waals surface area contributed by atoms with Crippen LogP contribution in [0.4, 0.5) is 5.82 Å². The monoisotopic (exact) mass is 451 g/mol. The van der Waals surface area contributed by atoms with Gasteiger partial charge in [-0.2, -0.15) is 5.10 Å². The Labute approximate surface area is 193 Å². The summed E-state index contributed by atoms with van der Waals surface area (Å²) in [5.41, 5.74) is 1.38. The number of aliphatic hydroxyl groups is 1. The van der Waals surface area contributed by atoms with Gasteiger partial charge in [-0.3, -0.25) is 14.4 Å². The summed E-state index contributed by atoms with van der Waals surface area (Å²) in [5, 5.41) is 22.9. The summed E-state index contributed by atoms with van der Waals surface area (Å²) < 4.78 is 3.75. The molecule has 1 aromatic carbocycles. The van der Waals surface area contributed by atoms with Gasteiger partial charge in [-0.05, 0) is 44.7 Å². The van der Waals surface area contributed by atoms with E-state index in [1.807, 2.05) is 35.6 Å². The number of hydrogen-bond acceptors (Lipinski definition) is 6. The topological polar surface area (TPSA) is 100 Å². The first-order valence-electron chi connectivity index (χ1n) is 11.7. The number of imidazole rings is 1. The maximum absolute atomic E-state index is 12.5. The third-order valence-electron chi connectivity index (χ3n) is 7.23. The Balaban J connectivity index is 1.07. The van der Waals surface area contributed by atoms with Crippen LogP contribution in [-0.2, 0) is 24.5 Å². The lowest BCUT2D eigenvalue weighted by Gasteiger charge is -2.48. The van der Waals surface area contributed by atoms with Gasteiger partial charge in [-0.1, -0.05) is 11.6 Å². The minimum Gasteiger partial charge on any atom is -0.382 e. The molecule has 3 aromatic rings. The summed E-state index contributed by atoms with van der Waals surface area (Å²) in [5.74, 6) is 1.49. The number of carbonyl (C=O) groups is 1. The highest BCUT2D eigenvalue weighted by Crippen LogP contribution is 2.38. The highest BCUT2D eigenvalue weighted by atomic mass is 16.3. The lowest BCUT2D eigenvalue weighted by atomic mass is 9.80. The largest absolute Gasteiger partial charge is 0.382 e. The number of nitrogens with one attached hydrogen (secondary N) is 2. The molecule has 176 valence electrons. The minimum absolute atomic E-state index is 0.0149. The fourth-order valence-electron chi connectivity index (χ4n) is 5.34. The number of hydrogen-bond donors (Lipinski definition) is 3. The van der Waals surface area contributed by atoms with Gasteiger partial charge in [-0.25, -0.2) is 4.98 Å². The first-order valence-corrected chi connectivity index (χ1v) is 11.7. The van der Waals surface area contributed by atoms with Crippen LogP contribution in [0, 0.1) is 6.92 Å². The second-order valence-electron chi connectivity index (χ2n) is 9.69. The molecule has 2 aromatic heterocycles. The van der Waals surface area contributed by atoms with E-state index < -0.39 is 5.60 Å². The quantitative estimate of drug-likeness (QED) is 0.527. The molecule has 5 rings (SSSR count). The van der Waals surface area contributed by atoms with Crippen LogP contribution in [-0.4, -0.2) is 67.0 Å². The molecule has 3 N–H and O–H groups in total. The van der Waals surface area contributed by atoms with Gasteiger partial charge < -0.3 is 20.3 Å². The number of anilines is 1. The molecule has 3 heterocycles. The number of aromatic nitrogens is 4. The Morgan fingerprint density at radius 1 is 1.24 bits per heavy atom. The lowest BCUT2D eigenvalue weighted by Crippen LogP contribution is -2.63. The summed E-state index contributed by atoms with van der Waals surface area (Å²) in [6.07, 6.45) is 6.95. The number of carbonyl (C=O) groups excluding carboxylic acids is 1. The molecule has 1 saturated heterocycles. The van der Waals surface area contributed by atoms with Crippen LogP contribution >= 0.6 is 0 Å². The number of aryl methyl sites for hydroxylation is 3. The molecule has 1 saturated carbocycles. The molecule has 33 heavy (non-hydrogen) atoms. The summed E-state index contributed by atoms with van der Waals surface area (Å²) >= 11 is 0. The van der Waals surface area contributed by atoms with Crippen LogP contribution in [0.15, 0.2) is 30.6 Å². The van der Waals surface area contributed by atoms with Gasteiger partial charge in [-0.15, -0.1) is 0 Å². The van der Waals surface area contributed by atoms with Gasteiger partial charge in [0.1, 0.15) is 11.4 Å². The van der Waals surface area contributed by atoms with Crippen LogP contribution in [0.1, 0.15) is 37.1 Å². The molecule has 1 amide bonds. The third kappa shape index (κ3) is 4.22. The predicted molar refractivity (Wildman–Crippen MR) is 127 cm³/mol. The Kier molecular flexibility index (Phi) is 5.62. The average molecular weight is 452 g/mol. The van der Waals surface area contributed by atoms with E-state index in [1.165, 1.54) is 5.56 Å². The first kappa shape index (κ1) is 21.9. The summed E-state index contributed by atoms with van der Waals surface area (Å²) in [6.45, 7) is 3.99. The maximum atomic E-state index is 12.5. The van der Waals surface area contributed by atoms with Crippen LogP contribution in [0.2, 0.25) is 0 Å². The van der Waals surface area contributed by atoms with E-state index in [4.69, 9.17) is 0 Å². The molecule has 1 aliphatic carbocycles. The summed E-state index contributed by atoms with van der Waals surface area (Å²) in [4.78, 5) is 19.3. The SMILES string of the molecule is Cc1ccc2c(c1)c(NCC(=O)NC1CN([C@H]3CC[C@@](O)(c4nccn4C)CC3)C1)nn2C. The number of fused-ring (bicyclic) bond motifs is 1. The number of rotatable bonds is 6. The van der Waals surface area contributed by atoms with Crippen molar-refractivity contribution in [3.05, 3.63) is 42.0 Å². The number of amides is 1. The summed E-state index contributed by atoms with van der Waals surface area (Å²) in [6, 6.07) is 6.84. The molecule has 2 fully saturated rings. The molecule has 2 aliphatic rings. The molecule has 0 atom stereocenters. The van der Waals surface area contributed by atoms with Gasteiger partial charge in [0.25, 0.3) is 0 Å². The van der Waals surface area contributed by atoms with E-state index in [2.05, 4.69) is 44.7 Å². The molecular weight excluding hydrogens is 418 g/mol. The second kappa shape index (κ2) is 8.46. The normalized spacial score (nSPS) is 24.1. The van der Waals surface area contributed by atoms with Crippen molar-refractivity contribution >= 4 is 22.6 Å². The highest BCUT2D eigenvalue weighted by molar-refractivity contribution is 5.92. The molecule has 0 radical (unpaired) electrons. The van der Waals surface area contributed by atoms with Crippen LogP contribution in [0.5, 0.6) is 0 Å². The molecular formula is C24H33N7O2. The Morgan fingerprint density at radius 3 is 2.70 bits per heavy atom. The van der Waals surface area contributed by atoms with Gasteiger partial charge in [0.15, 0.2) is 5.82 Å². The minimum atomic E-state index is -0.826. The fourth-order valence-corrected chi connectivity index (χ4v) is 5.34. The van der Waals surface area contributed by atoms with Crippen LogP contribution in [0.3, 0.4) is 0 Å². The average Bonchev–Trinajstić information content (AvgIpc) is 3.33. The predicted octanol–water partition coefficient (Wildman–Crippen LogP) is 1.66. The van der Waals surface area contributed by atoms with Crippen molar-refractivity contribution in [1.29, 1.82) is 0 Å². The van der Waals surface area contributed by atoms with Crippen molar-refractivity contribution < 1.29 is 9.90 Å². The standard InChI is InChI=1S/C24H33N7O2/c1-16-4-5-20-19(12-16)22(28-30(20)3)26-13-21(32)27-17-14-31(15-17)18-6-8-24(33,9-7-18)23-25-10-11-29(23)2/h4-5,10-12,17-18,33H,6-9,13-15H2,1-3H3,(H,26,28)(H,27,32)/t18-,24-. The molecule has 0 spiro atoms. The van der Waals surface area contributed by atoms with Crippen LogP contribution in [0.25, 0.3) is 10.9 Å². The van der Waals surface area contributed by atoms with Crippen molar-refractivity contribution in [2.75, 3.05) is 25.0 Å². The molecule has 1 aliphatic heterocycles. The molecule has 0 bridgehead atoms. The fraction of sp³-hybridized carbons (Fsp3) is 0.542. The Bertz CT molecular complexity index is 1150. The van der Waals surface area contributed by atoms with E-state index in [0.717, 1.165) is 61.3 Å². The maximum Gasteiger partial charge on any atom is 0.239 e. The van der Waals surface area contributed by atoms with Crippen molar-refractivity contribution in [2.45, 2.75) is 50.3 Å². The summed E-state index contributed by atoms with van der Waals surface area (Å²) in [7, 11) is 3.84. The van der Waals surface area contributed by atoms with E-state index >= 15 is 0 Å². The zero-order valence-electron chi connectivity index (χ0n) is 19.6. The zero-order chi connectivity index (χ0) is 23.2. The van der Waals surface area contributed by atoms with E-state index in [-0.39, 0.29) is 18.5 Å². The number of likely N-dealkylation sites (tertiary alicyclic amines) is 1. The Hall–Kier alpha value is -2.91. The van der Waals surface area contributed by atoms with E-state index in [1.54, 1.807) is 6.20 Å².